The minimum absolute atomic E-state index is 0.241. The van der Waals surface area contributed by atoms with E-state index in [0.717, 1.165) is 5.57 Å². The summed E-state index contributed by atoms with van der Waals surface area (Å²) < 4.78 is 13.3. The second-order valence-electron chi connectivity index (χ2n) is 3.05. The van der Waals surface area contributed by atoms with Gasteiger partial charge < -0.3 is 4.90 Å². The van der Waals surface area contributed by atoms with Crippen LogP contribution in [0.3, 0.4) is 0 Å². The van der Waals surface area contributed by atoms with Crippen molar-refractivity contribution in [3.63, 3.8) is 0 Å². The molecule has 0 saturated carbocycles. The topological polar surface area (TPSA) is 3.24 Å². The predicted octanol–water partition coefficient (Wildman–Crippen LogP) is 2.88. The van der Waals surface area contributed by atoms with Gasteiger partial charge in [-0.25, -0.2) is 4.39 Å². The lowest BCUT2D eigenvalue weighted by Crippen LogP contribution is -2.10. The molecule has 0 atom stereocenters. The van der Waals surface area contributed by atoms with E-state index in [9.17, 15) is 4.39 Å². The molecule has 0 aliphatic heterocycles. The molecule has 0 aromatic carbocycles. The molecule has 0 unspecified atom stereocenters. The van der Waals surface area contributed by atoms with E-state index in [4.69, 9.17) is 0 Å². The number of likely N-dealkylation sites (N-methyl/N-ethyl adjacent to an activating group) is 1. The zero-order valence-corrected chi connectivity index (χ0v) is 8.19. The van der Waals surface area contributed by atoms with Gasteiger partial charge in [-0.1, -0.05) is 12.2 Å². The highest BCUT2D eigenvalue weighted by atomic mass is 19.1. The summed E-state index contributed by atoms with van der Waals surface area (Å²) in [5.41, 5.74) is 1.45. The average molecular weight is 169 g/mol. The summed E-state index contributed by atoms with van der Waals surface area (Å²) in [5, 5.41) is 0. The van der Waals surface area contributed by atoms with Crippen LogP contribution in [-0.2, 0) is 0 Å². The van der Waals surface area contributed by atoms with Gasteiger partial charge in [-0.3, -0.25) is 0 Å². The summed E-state index contributed by atoms with van der Waals surface area (Å²) >= 11 is 0. The molecule has 0 fully saturated rings. The number of nitrogens with zero attached hydrogens (tertiary/aromatic N) is 1. The van der Waals surface area contributed by atoms with Crippen LogP contribution in [0.15, 0.2) is 35.8 Å². The Morgan fingerprint density at radius 3 is 2.08 bits per heavy atom. The van der Waals surface area contributed by atoms with Gasteiger partial charge >= 0.3 is 0 Å². The Bertz CT molecular complexity index is 220. The van der Waals surface area contributed by atoms with Crippen molar-refractivity contribution < 1.29 is 4.39 Å². The average Bonchev–Trinajstić information content (AvgIpc) is 1.85. The molecule has 0 rings (SSSR count). The summed E-state index contributed by atoms with van der Waals surface area (Å²) in [7, 11) is 3.57. The fourth-order valence-electron chi connectivity index (χ4n) is 0.821. The first-order valence-corrected chi connectivity index (χ1v) is 3.83. The quantitative estimate of drug-likeness (QED) is 0.587. The number of allylic oxidation sites excluding steroid dienone is 4. The van der Waals surface area contributed by atoms with Crippen LogP contribution in [0.5, 0.6) is 0 Å². The van der Waals surface area contributed by atoms with Crippen LogP contribution in [0.1, 0.15) is 13.8 Å². The third kappa shape index (κ3) is 3.37. The number of hydrogen-bond acceptors (Lipinski definition) is 1. The summed E-state index contributed by atoms with van der Waals surface area (Å²) in [6, 6.07) is 0. The SMILES string of the molecule is C=C/C(=C(/F)C=C(C)C)N(C)C. The van der Waals surface area contributed by atoms with E-state index in [2.05, 4.69) is 6.58 Å². The van der Waals surface area contributed by atoms with Crippen molar-refractivity contribution in [1.29, 1.82) is 0 Å². The van der Waals surface area contributed by atoms with Gasteiger partial charge in [-0.05, 0) is 26.0 Å². The first kappa shape index (κ1) is 11.0. The van der Waals surface area contributed by atoms with Crippen LogP contribution in [0.4, 0.5) is 4.39 Å². The lowest BCUT2D eigenvalue weighted by molar-refractivity contribution is 0.496. The monoisotopic (exact) mass is 169 g/mol. The highest BCUT2D eigenvalue weighted by molar-refractivity contribution is 5.27. The van der Waals surface area contributed by atoms with Gasteiger partial charge in [0.15, 0.2) is 0 Å². The zero-order valence-electron chi connectivity index (χ0n) is 8.19. The van der Waals surface area contributed by atoms with Gasteiger partial charge in [0.2, 0.25) is 0 Å². The number of halogens is 1. The molecule has 0 amide bonds. The fourth-order valence-corrected chi connectivity index (χ4v) is 0.821. The Hall–Kier alpha value is -1.05. The van der Waals surface area contributed by atoms with Gasteiger partial charge in [0.25, 0.3) is 0 Å². The number of hydrogen-bond donors (Lipinski definition) is 0. The molecule has 0 aromatic rings. The van der Waals surface area contributed by atoms with Gasteiger partial charge in [-0.2, -0.15) is 0 Å². The molecule has 0 saturated heterocycles. The normalized spacial score (nSPS) is 11.8. The third-order valence-electron chi connectivity index (χ3n) is 1.34. The lowest BCUT2D eigenvalue weighted by Gasteiger charge is -2.13. The van der Waals surface area contributed by atoms with Crippen molar-refractivity contribution >= 4 is 0 Å². The van der Waals surface area contributed by atoms with Crippen LogP contribution in [0.25, 0.3) is 0 Å². The van der Waals surface area contributed by atoms with Crippen LogP contribution in [-0.4, -0.2) is 19.0 Å². The largest absolute Gasteiger partial charge is 0.375 e. The van der Waals surface area contributed by atoms with Crippen molar-refractivity contribution in [2.75, 3.05) is 14.1 Å². The smallest absolute Gasteiger partial charge is 0.146 e. The molecule has 0 bridgehead atoms. The number of rotatable bonds is 3. The standard InChI is InChI=1S/C10H16FN/c1-6-10(12(4)5)9(11)7-8(2)3/h6-7H,1H2,2-5H3/b10-9-. The Morgan fingerprint density at radius 1 is 1.33 bits per heavy atom. The molecule has 1 nitrogen and oxygen atoms in total. The van der Waals surface area contributed by atoms with E-state index in [1.165, 1.54) is 12.2 Å². The summed E-state index contributed by atoms with van der Waals surface area (Å²) in [4.78, 5) is 1.70. The van der Waals surface area contributed by atoms with Crippen molar-refractivity contribution in [2.24, 2.45) is 0 Å². The van der Waals surface area contributed by atoms with E-state index in [1.807, 2.05) is 13.8 Å². The Labute approximate surface area is 73.9 Å². The molecular formula is C10H16FN. The van der Waals surface area contributed by atoms with E-state index in [1.54, 1.807) is 19.0 Å². The highest BCUT2D eigenvalue weighted by Crippen LogP contribution is 2.12. The molecule has 0 N–H and O–H groups in total. The molecule has 0 radical (unpaired) electrons. The van der Waals surface area contributed by atoms with Crippen LogP contribution < -0.4 is 0 Å². The maximum absolute atomic E-state index is 13.3. The molecule has 2 heteroatoms. The first-order chi connectivity index (χ1) is 5.49. The van der Waals surface area contributed by atoms with Gasteiger partial charge in [0, 0.05) is 14.1 Å². The maximum atomic E-state index is 13.3. The van der Waals surface area contributed by atoms with E-state index in [0.29, 0.717) is 5.70 Å². The molecule has 0 spiro atoms. The molecule has 0 aliphatic carbocycles. The van der Waals surface area contributed by atoms with Gasteiger partial charge in [-0.15, -0.1) is 0 Å². The summed E-state index contributed by atoms with van der Waals surface area (Å²) in [5.74, 6) is -0.241. The van der Waals surface area contributed by atoms with Crippen LogP contribution in [0, 0.1) is 0 Å². The first-order valence-electron chi connectivity index (χ1n) is 3.83. The summed E-state index contributed by atoms with van der Waals surface area (Å²) in [6.07, 6.45) is 3.01. The Balaban J connectivity index is 4.85. The van der Waals surface area contributed by atoms with E-state index >= 15 is 0 Å². The van der Waals surface area contributed by atoms with Crippen molar-refractivity contribution in [3.05, 3.63) is 35.8 Å². The molecule has 68 valence electrons. The van der Waals surface area contributed by atoms with Crippen molar-refractivity contribution in [1.82, 2.24) is 4.90 Å². The third-order valence-corrected chi connectivity index (χ3v) is 1.34. The Kier molecular flexibility index (Phi) is 4.34. The molecule has 12 heavy (non-hydrogen) atoms. The fraction of sp³-hybridized carbons (Fsp3) is 0.400. The molecule has 0 aliphatic rings. The molecule has 0 aromatic heterocycles. The summed E-state index contributed by atoms with van der Waals surface area (Å²) in [6.45, 7) is 7.26. The van der Waals surface area contributed by atoms with E-state index < -0.39 is 0 Å². The maximum Gasteiger partial charge on any atom is 0.146 e. The zero-order chi connectivity index (χ0) is 9.72. The lowest BCUT2D eigenvalue weighted by atomic mass is 10.2. The van der Waals surface area contributed by atoms with Crippen LogP contribution >= 0.6 is 0 Å². The second-order valence-corrected chi connectivity index (χ2v) is 3.05. The van der Waals surface area contributed by atoms with Crippen LogP contribution in [0.2, 0.25) is 0 Å². The minimum Gasteiger partial charge on any atom is -0.375 e. The molecule has 0 heterocycles. The highest BCUT2D eigenvalue weighted by Gasteiger charge is 2.01. The molecular weight excluding hydrogens is 153 g/mol. The van der Waals surface area contributed by atoms with Gasteiger partial charge in [0.05, 0.1) is 5.70 Å². The van der Waals surface area contributed by atoms with Crippen molar-refractivity contribution in [3.8, 4) is 0 Å². The Morgan fingerprint density at radius 2 is 1.83 bits per heavy atom. The predicted molar refractivity (Wildman–Crippen MR) is 51.4 cm³/mol. The van der Waals surface area contributed by atoms with Gasteiger partial charge in [0.1, 0.15) is 5.83 Å². The minimum atomic E-state index is -0.241. The van der Waals surface area contributed by atoms with Crippen molar-refractivity contribution in [2.45, 2.75) is 13.8 Å². The second kappa shape index (κ2) is 4.75. The van der Waals surface area contributed by atoms with E-state index in [-0.39, 0.29) is 5.83 Å².